The summed E-state index contributed by atoms with van der Waals surface area (Å²) in [6.07, 6.45) is -0.132. The van der Waals surface area contributed by atoms with Crippen LogP contribution in [0.15, 0.2) is 0 Å². The highest BCUT2D eigenvalue weighted by atomic mass is 32.2. The fraction of sp³-hybridized carbons (Fsp3) is 1.00. The molecule has 1 aliphatic heterocycles. The van der Waals surface area contributed by atoms with Crippen molar-refractivity contribution in [2.24, 2.45) is 5.92 Å². The molecule has 13 heavy (non-hydrogen) atoms. The zero-order chi connectivity index (χ0) is 10.0. The van der Waals surface area contributed by atoms with Crippen LogP contribution in [0.2, 0.25) is 0 Å². The van der Waals surface area contributed by atoms with Crippen molar-refractivity contribution < 1.29 is 5.11 Å². The molecule has 1 nitrogen and oxygen atoms in total. The van der Waals surface area contributed by atoms with Crippen LogP contribution in [0.1, 0.15) is 27.7 Å². The molecule has 0 aromatic carbocycles. The number of aliphatic hydroxyl groups excluding tert-OH is 1. The van der Waals surface area contributed by atoms with Crippen molar-refractivity contribution in [3.05, 3.63) is 0 Å². The largest absolute Gasteiger partial charge is 0.392 e. The fourth-order valence-corrected chi connectivity index (χ4v) is 4.60. The van der Waals surface area contributed by atoms with Crippen LogP contribution in [0.4, 0.5) is 0 Å². The Balaban J connectivity index is 2.45. The van der Waals surface area contributed by atoms with Crippen molar-refractivity contribution in [3.8, 4) is 0 Å². The Morgan fingerprint density at radius 2 is 1.85 bits per heavy atom. The van der Waals surface area contributed by atoms with Gasteiger partial charge in [-0.15, -0.1) is 0 Å². The highest BCUT2D eigenvalue weighted by molar-refractivity contribution is 8.07. The lowest BCUT2D eigenvalue weighted by Crippen LogP contribution is -2.37. The molecule has 1 fully saturated rings. The average molecular weight is 220 g/mol. The minimum atomic E-state index is -0.132. The molecule has 1 aliphatic rings. The van der Waals surface area contributed by atoms with Crippen molar-refractivity contribution in [1.82, 2.24) is 0 Å². The van der Waals surface area contributed by atoms with Crippen LogP contribution in [-0.2, 0) is 0 Å². The van der Waals surface area contributed by atoms with E-state index < -0.39 is 0 Å². The first-order valence-electron chi connectivity index (χ1n) is 4.97. The predicted octanol–water partition coefficient (Wildman–Crippen LogP) is 2.63. The van der Waals surface area contributed by atoms with Gasteiger partial charge in [-0.1, -0.05) is 27.7 Å². The van der Waals surface area contributed by atoms with E-state index in [4.69, 9.17) is 0 Å². The Hall–Kier alpha value is 0.660. The quantitative estimate of drug-likeness (QED) is 0.772. The Bertz CT molecular complexity index is 161. The Labute approximate surface area is 90.1 Å². The lowest BCUT2D eigenvalue weighted by molar-refractivity contribution is 0.127. The standard InChI is InChI=1S/C10H20OS2/c1-6(2)10(11)9-5-12-7(3)8(4)13-9/h6-11H,5H2,1-4H3. The third-order valence-corrected chi connectivity index (χ3v) is 6.14. The summed E-state index contributed by atoms with van der Waals surface area (Å²) in [6, 6.07) is 0. The molecular weight excluding hydrogens is 200 g/mol. The Kier molecular flexibility index (Phi) is 4.46. The molecule has 0 aromatic heterocycles. The average Bonchev–Trinajstić information content (AvgIpc) is 2.08. The maximum absolute atomic E-state index is 9.92. The maximum atomic E-state index is 9.92. The van der Waals surface area contributed by atoms with Gasteiger partial charge in [0.25, 0.3) is 0 Å². The highest BCUT2D eigenvalue weighted by Gasteiger charge is 2.31. The van der Waals surface area contributed by atoms with E-state index in [0.29, 0.717) is 16.4 Å². The summed E-state index contributed by atoms with van der Waals surface area (Å²) in [5.41, 5.74) is 0. The molecule has 78 valence electrons. The summed E-state index contributed by atoms with van der Waals surface area (Å²) in [5.74, 6) is 1.49. The second kappa shape index (κ2) is 4.94. The van der Waals surface area contributed by atoms with E-state index in [1.165, 1.54) is 0 Å². The highest BCUT2D eigenvalue weighted by Crippen LogP contribution is 2.38. The van der Waals surface area contributed by atoms with Gasteiger partial charge in [0.05, 0.1) is 6.10 Å². The van der Waals surface area contributed by atoms with E-state index in [9.17, 15) is 5.11 Å². The van der Waals surface area contributed by atoms with Crippen LogP contribution < -0.4 is 0 Å². The summed E-state index contributed by atoms with van der Waals surface area (Å²) >= 11 is 3.96. The zero-order valence-electron chi connectivity index (χ0n) is 8.86. The molecule has 0 spiro atoms. The van der Waals surface area contributed by atoms with Crippen LogP contribution in [0, 0.1) is 5.92 Å². The minimum absolute atomic E-state index is 0.132. The molecule has 0 aromatic rings. The molecule has 3 heteroatoms. The number of rotatable bonds is 2. The first-order chi connectivity index (χ1) is 6.02. The Morgan fingerprint density at radius 1 is 1.23 bits per heavy atom. The first-order valence-corrected chi connectivity index (χ1v) is 6.96. The lowest BCUT2D eigenvalue weighted by atomic mass is 10.1. The number of hydrogen-bond acceptors (Lipinski definition) is 3. The molecule has 0 bridgehead atoms. The van der Waals surface area contributed by atoms with Crippen molar-refractivity contribution >= 4 is 23.5 Å². The third-order valence-electron chi connectivity index (χ3n) is 2.64. The topological polar surface area (TPSA) is 20.2 Å². The first kappa shape index (κ1) is 11.7. The smallest absolute Gasteiger partial charge is 0.0689 e. The molecule has 0 radical (unpaired) electrons. The van der Waals surface area contributed by atoms with E-state index in [1.54, 1.807) is 0 Å². The van der Waals surface area contributed by atoms with Gasteiger partial charge in [-0.25, -0.2) is 0 Å². The summed E-state index contributed by atoms with van der Waals surface area (Å²) < 4.78 is 0. The van der Waals surface area contributed by atoms with Gasteiger partial charge in [0.15, 0.2) is 0 Å². The van der Waals surface area contributed by atoms with Crippen molar-refractivity contribution in [3.63, 3.8) is 0 Å². The van der Waals surface area contributed by atoms with Gasteiger partial charge >= 0.3 is 0 Å². The lowest BCUT2D eigenvalue weighted by Gasteiger charge is -2.35. The van der Waals surface area contributed by atoms with Gasteiger partial charge in [0.1, 0.15) is 0 Å². The van der Waals surface area contributed by atoms with Crippen LogP contribution in [0.5, 0.6) is 0 Å². The monoisotopic (exact) mass is 220 g/mol. The van der Waals surface area contributed by atoms with Gasteiger partial charge < -0.3 is 5.11 Å². The van der Waals surface area contributed by atoms with E-state index in [-0.39, 0.29) is 6.10 Å². The molecular formula is C10H20OS2. The van der Waals surface area contributed by atoms with Crippen LogP contribution in [0.25, 0.3) is 0 Å². The third kappa shape index (κ3) is 3.07. The van der Waals surface area contributed by atoms with Gasteiger partial charge in [0, 0.05) is 21.5 Å². The number of thioether (sulfide) groups is 2. The molecule has 1 saturated heterocycles. The molecule has 4 atom stereocenters. The molecule has 1 rings (SSSR count). The van der Waals surface area contributed by atoms with Crippen LogP contribution >= 0.6 is 23.5 Å². The van der Waals surface area contributed by atoms with E-state index in [0.717, 1.165) is 11.0 Å². The predicted molar refractivity (Wildman–Crippen MR) is 63.6 cm³/mol. The molecule has 4 unspecified atom stereocenters. The van der Waals surface area contributed by atoms with E-state index >= 15 is 0 Å². The molecule has 1 N–H and O–H groups in total. The van der Waals surface area contributed by atoms with Gasteiger partial charge in [-0.05, 0) is 5.92 Å². The Morgan fingerprint density at radius 3 is 2.31 bits per heavy atom. The van der Waals surface area contributed by atoms with Crippen LogP contribution in [-0.4, -0.2) is 32.7 Å². The summed E-state index contributed by atoms with van der Waals surface area (Å²) in [5, 5.41) is 11.8. The summed E-state index contributed by atoms with van der Waals surface area (Å²) in [6.45, 7) is 8.74. The van der Waals surface area contributed by atoms with Gasteiger partial charge in [0.2, 0.25) is 0 Å². The van der Waals surface area contributed by atoms with E-state index in [1.807, 2.05) is 23.5 Å². The van der Waals surface area contributed by atoms with Crippen molar-refractivity contribution in [1.29, 1.82) is 0 Å². The van der Waals surface area contributed by atoms with E-state index in [2.05, 4.69) is 27.7 Å². The molecule has 0 amide bonds. The number of aliphatic hydroxyl groups is 1. The minimum Gasteiger partial charge on any atom is -0.392 e. The van der Waals surface area contributed by atoms with Crippen molar-refractivity contribution in [2.45, 2.75) is 49.5 Å². The number of hydrogen-bond donors (Lipinski definition) is 1. The fourth-order valence-electron chi connectivity index (χ4n) is 1.42. The summed E-state index contributed by atoms with van der Waals surface area (Å²) in [4.78, 5) is 0. The maximum Gasteiger partial charge on any atom is 0.0689 e. The second-order valence-corrected chi connectivity index (χ2v) is 7.18. The second-order valence-electron chi connectivity index (χ2n) is 4.15. The van der Waals surface area contributed by atoms with Crippen LogP contribution in [0.3, 0.4) is 0 Å². The SMILES string of the molecule is CC(C)C(O)C1CSC(C)C(C)S1. The van der Waals surface area contributed by atoms with Gasteiger partial charge in [-0.2, -0.15) is 23.5 Å². The molecule has 0 aliphatic carbocycles. The van der Waals surface area contributed by atoms with Crippen molar-refractivity contribution in [2.75, 3.05) is 5.75 Å². The summed E-state index contributed by atoms with van der Waals surface area (Å²) in [7, 11) is 0. The normalized spacial score (nSPS) is 37.8. The zero-order valence-corrected chi connectivity index (χ0v) is 10.5. The molecule has 1 heterocycles. The molecule has 0 saturated carbocycles. The van der Waals surface area contributed by atoms with Gasteiger partial charge in [-0.3, -0.25) is 0 Å².